The van der Waals surface area contributed by atoms with E-state index in [4.69, 9.17) is 9.15 Å². The third kappa shape index (κ3) is 3.94. The van der Waals surface area contributed by atoms with E-state index in [1.54, 1.807) is 7.11 Å². The van der Waals surface area contributed by atoms with Crippen LogP contribution in [0.15, 0.2) is 59.0 Å². The summed E-state index contributed by atoms with van der Waals surface area (Å²) in [5, 5.41) is 3.00. The van der Waals surface area contributed by atoms with Gasteiger partial charge in [-0.25, -0.2) is 4.98 Å². The Hall–Kier alpha value is -3.08. The third-order valence-electron chi connectivity index (χ3n) is 4.24. The number of oxazole rings is 1. The number of rotatable bonds is 6. The number of amides is 1. The Kier molecular flexibility index (Phi) is 5.37. The van der Waals surface area contributed by atoms with E-state index in [1.807, 2.05) is 68.4 Å². The van der Waals surface area contributed by atoms with Crippen molar-refractivity contribution in [1.29, 1.82) is 0 Å². The van der Waals surface area contributed by atoms with E-state index in [1.165, 1.54) is 0 Å². The Labute approximate surface area is 153 Å². The molecule has 5 heteroatoms. The van der Waals surface area contributed by atoms with Crippen LogP contribution in [-0.4, -0.2) is 18.0 Å². The van der Waals surface area contributed by atoms with Crippen molar-refractivity contribution >= 4 is 5.91 Å². The van der Waals surface area contributed by atoms with Gasteiger partial charge in [-0.1, -0.05) is 42.5 Å². The van der Waals surface area contributed by atoms with Crippen molar-refractivity contribution in [2.75, 3.05) is 7.11 Å². The number of nitrogens with one attached hydrogen (secondary N) is 1. The zero-order valence-electron chi connectivity index (χ0n) is 15.2. The van der Waals surface area contributed by atoms with Gasteiger partial charge < -0.3 is 14.5 Å². The molecule has 0 bridgehead atoms. The lowest BCUT2D eigenvalue weighted by molar-refractivity contribution is -0.121. The SMILES string of the molecule is COc1ccccc1-c1nc(CC(=O)NC(C)c2ccccc2)c(C)o1. The molecule has 0 saturated carbocycles. The summed E-state index contributed by atoms with van der Waals surface area (Å²) in [6.07, 6.45) is 0.168. The maximum Gasteiger partial charge on any atom is 0.230 e. The van der Waals surface area contributed by atoms with Crippen molar-refractivity contribution in [3.05, 3.63) is 71.6 Å². The molecule has 0 aliphatic heterocycles. The number of para-hydroxylation sites is 1. The lowest BCUT2D eigenvalue weighted by Crippen LogP contribution is -2.28. The number of benzene rings is 2. The van der Waals surface area contributed by atoms with E-state index < -0.39 is 0 Å². The highest BCUT2D eigenvalue weighted by Gasteiger charge is 2.18. The van der Waals surface area contributed by atoms with Gasteiger partial charge in [0, 0.05) is 0 Å². The molecular weight excluding hydrogens is 328 g/mol. The topological polar surface area (TPSA) is 64.4 Å². The standard InChI is InChI=1S/C21H22N2O3/c1-14(16-9-5-4-6-10-16)22-20(24)13-18-15(2)26-21(23-18)17-11-7-8-12-19(17)25-3/h4-12,14H,13H2,1-3H3,(H,22,24). The maximum atomic E-state index is 12.4. The smallest absolute Gasteiger partial charge is 0.230 e. The molecule has 1 unspecified atom stereocenters. The molecule has 0 aliphatic rings. The van der Waals surface area contributed by atoms with Crippen LogP contribution in [0.25, 0.3) is 11.5 Å². The fourth-order valence-corrected chi connectivity index (χ4v) is 2.80. The van der Waals surface area contributed by atoms with Gasteiger partial charge in [-0.2, -0.15) is 0 Å². The summed E-state index contributed by atoms with van der Waals surface area (Å²) in [6.45, 7) is 3.78. The van der Waals surface area contributed by atoms with Gasteiger partial charge in [0.05, 0.1) is 30.8 Å². The molecule has 1 atom stereocenters. The summed E-state index contributed by atoms with van der Waals surface area (Å²) < 4.78 is 11.1. The van der Waals surface area contributed by atoms with Gasteiger partial charge in [0.1, 0.15) is 11.5 Å². The second-order valence-electron chi connectivity index (χ2n) is 6.10. The van der Waals surface area contributed by atoms with E-state index in [0.29, 0.717) is 23.1 Å². The highest BCUT2D eigenvalue weighted by molar-refractivity contribution is 5.79. The Morgan fingerprint density at radius 3 is 2.58 bits per heavy atom. The van der Waals surface area contributed by atoms with E-state index in [-0.39, 0.29) is 18.4 Å². The molecule has 0 aliphatic carbocycles. The zero-order valence-corrected chi connectivity index (χ0v) is 15.2. The number of methoxy groups -OCH3 is 1. The Balaban J connectivity index is 1.72. The van der Waals surface area contributed by atoms with Gasteiger partial charge in [0.15, 0.2) is 0 Å². The van der Waals surface area contributed by atoms with Crippen molar-refractivity contribution in [3.63, 3.8) is 0 Å². The zero-order chi connectivity index (χ0) is 18.5. The monoisotopic (exact) mass is 350 g/mol. The lowest BCUT2D eigenvalue weighted by atomic mass is 10.1. The molecule has 3 rings (SSSR count). The minimum atomic E-state index is -0.0932. The van der Waals surface area contributed by atoms with Crippen LogP contribution in [0.5, 0.6) is 5.75 Å². The summed E-state index contributed by atoms with van der Waals surface area (Å²) in [4.78, 5) is 16.9. The van der Waals surface area contributed by atoms with E-state index in [9.17, 15) is 4.79 Å². The average molecular weight is 350 g/mol. The molecule has 134 valence electrons. The molecule has 3 aromatic rings. The Morgan fingerprint density at radius 1 is 1.15 bits per heavy atom. The minimum absolute atomic E-state index is 0.0652. The van der Waals surface area contributed by atoms with Crippen LogP contribution in [0, 0.1) is 6.92 Å². The fourth-order valence-electron chi connectivity index (χ4n) is 2.80. The summed E-state index contributed by atoms with van der Waals surface area (Å²) in [5.74, 6) is 1.68. The van der Waals surface area contributed by atoms with Gasteiger partial charge in [0.2, 0.25) is 11.8 Å². The first-order valence-corrected chi connectivity index (χ1v) is 8.52. The van der Waals surface area contributed by atoms with Gasteiger partial charge in [0.25, 0.3) is 0 Å². The number of carbonyl (C=O) groups is 1. The second-order valence-corrected chi connectivity index (χ2v) is 6.10. The number of nitrogens with zero attached hydrogens (tertiary/aromatic N) is 1. The van der Waals surface area contributed by atoms with Crippen LogP contribution in [0.4, 0.5) is 0 Å². The van der Waals surface area contributed by atoms with E-state index in [0.717, 1.165) is 11.1 Å². The first kappa shape index (κ1) is 17.7. The fraction of sp³-hybridized carbons (Fsp3) is 0.238. The molecule has 0 fully saturated rings. The second kappa shape index (κ2) is 7.87. The number of hydrogen-bond acceptors (Lipinski definition) is 4. The van der Waals surface area contributed by atoms with Crippen molar-refractivity contribution in [2.24, 2.45) is 0 Å². The van der Waals surface area contributed by atoms with E-state index >= 15 is 0 Å². The van der Waals surface area contributed by atoms with Gasteiger partial charge in [-0.3, -0.25) is 4.79 Å². The molecule has 1 N–H and O–H groups in total. The highest BCUT2D eigenvalue weighted by atomic mass is 16.5. The number of hydrogen-bond donors (Lipinski definition) is 1. The Bertz CT molecular complexity index is 887. The third-order valence-corrected chi connectivity index (χ3v) is 4.24. The predicted molar refractivity (Wildman–Crippen MR) is 99.9 cm³/mol. The average Bonchev–Trinajstić information content (AvgIpc) is 3.02. The number of ether oxygens (including phenoxy) is 1. The van der Waals surface area contributed by atoms with Crippen LogP contribution >= 0.6 is 0 Å². The first-order chi connectivity index (χ1) is 12.6. The van der Waals surface area contributed by atoms with Crippen molar-refractivity contribution in [1.82, 2.24) is 10.3 Å². The highest BCUT2D eigenvalue weighted by Crippen LogP contribution is 2.30. The molecule has 1 amide bonds. The van der Waals surface area contributed by atoms with Crippen LogP contribution < -0.4 is 10.1 Å². The summed E-state index contributed by atoms with van der Waals surface area (Å²) >= 11 is 0. The molecule has 0 saturated heterocycles. The maximum absolute atomic E-state index is 12.4. The van der Waals surface area contributed by atoms with Crippen LogP contribution in [0.3, 0.4) is 0 Å². The van der Waals surface area contributed by atoms with Gasteiger partial charge in [-0.05, 0) is 31.5 Å². The quantitative estimate of drug-likeness (QED) is 0.727. The lowest BCUT2D eigenvalue weighted by Gasteiger charge is -2.13. The normalized spacial score (nSPS) is 11.8. The van der Waals surface area contributed by atoms with Crippen LogP contribution in [-0.2, 0) is 11.2 Å². The number of carbonyl (C=O) groups excluding carboxylic acids is 1. The summed E-state index contributed by atoms with van der Waals surface area (Å²) in [5.41, 5.74) is 2.46. The van der Waals surface area contributed by atoms with Gasteiger partial charge >= 0.3 is 0 Å². The summed E-state index contributed by atoms with van der Waals surface area (Å²) in [6, 6.07) is 17.3. The Morgan fingerprint density at radius 2 is 1.85 bits per heavy atom. The number of aromatic nitrogens is 1. The van der Waals surface area contributed by atoms with Crippen molar-refractivity contribution in [3.8, 4) is 17.2 Å². The predicted octanol–water partition coefficient (Wildman–Crippen LogP) is 4.08. The molecule has 5 nitrogen and oxygen atoms in total. The molecule has 0 radical (unpaired) electrons. The number of aryl methyl sites for hydroxylation is 1. The van der Waals surface area contributed by atoms with Gasteiger partial charge in [-0.15, -0.1) is 0 Å². The molecule has 26 heavy (non-hydrogen) atoms. The molecule has 1 heterocycles. The first-order valence-electron chi connectivity index (χ1n) is 8.52. The minimum Gasteiger partial charge on any atom is -0.496 e. The van der Waals surface area contributed by atoms with Crippen molar-refractivity contribution in [2.45, 2.75) is 26.3 Å². The molecule has 2 aromatic carbocycles. The van der Waals surface area contributed by atoms with Crippen LogP contribution in [0.1, 0.15) is 30.0 Å². The van der Waals surface area contributed by atoms with Crippen LogP contribution in [0.2, 0.25) is 0 Å². The molecule has 0 spiro atoms. The molecular formula is C21H22N2O3. The molecule has 1 aromatic heterocycles. The van der Waals surface area contributed by atoms with E-state index in [2.05, 4.69) is 10.3 Å². The largest absolute Gasteiger partial charge is 0.496 e. The summed E-state index contributed by atoms with van der Waals surface area (Å²) in [7, 11) is 1.61. The van der Waals surface area contributed by atoms with Crippen molar-refractivity contribution < 1.29 is 13.9 Å².